The minimum Gasteiger partial charge on any atom is -0.299 e. The Kier molecular flexibility index (Phi) is 4.64. The van der Waals surface area contributed by atoms with E-state index in [1.54, 1.807) is 0 Å². The van der Waals surface area contributed by atoms with Crippen molar-refractivity contribution >= 4 is 11.1 Å². The number of nitrogens with zero attached hydrogens (tertiary/aromatic N) is 2. The fourth-order valence-corrected chi connectivity index (χ4v) is 3.53. The van der Waals surface area contributed by atoms with Crippen LogP contribution in [0.4, 0.5) is 0 Å². The van der Waals surface area contributed by atoms with Crippen LogP contribution in [0.5, 0.6) is 0 Å². The molecule has 4 rings (SSSR count). The van der Waals surface area contributed by atoms with Gasteiger partial charge in [0.1, 0.15) is 5.82 Å². The van der Waals surface area contributed by atoms with E-state index in [1.807, 2.05) is 6.20 Å². The third-order valence-electron chi connectivity index (χ3n) is 4.83. The molecule has 2 aromatic carbocycles. The second-order valence-corrected chi connectivity index (χ2v) is 8.42. The van der Waals surface area contributed by atoms with Crippen LogP contribution < -0.4 is 0 Å². The molecule has 0 amide bonds. The SMILES string of the molecule is Cc1ccc(-c2ncc3c(/C(=C/C(C)(C)C)c4ccccc4)cccn23)cc1. The van der Waals surface area contributed by atoms with Gasteiger partial charge in [-0.1, -0.05) is 93.1 Å². The molecule has 0 saturated carbocycles. The number of aromatic nitrogens is 2. The maximum atomic E-state index is 4.76. The quantitative estimate of drug-likeness (QED) is 0.390. The highest BCUT2D eigenvalue weighted by Gasteiger charge is 2.16. The number of fused-ring (bicyclic) bond motifs is 1. The largest absolute Gasteiger partial charge is 0.299 e. The van der Waals surface area contributed by atoms with Crippen molar-refractivity contribution in [2.75, 3.05) is 0 Å². The van der Waals surface area contributed by atoms with Crippen LogP contribution in [-0.4, -0.2) is 9.38 Å². The van der Waals surface area contributed by atoms with Gasteiger partial charge in [0.05, 0.1) is 11.7 Å². The minimum absolute atomic E-state index is 0.0673. The first-order valence-corrected chi connectivity index (χ1v) is 9.74. The average molecular weight is 367 g/mol. The summed E-state index contributed by atoms with van der Waals surface area (Å²) >= 11 is 0. The van der Waals surface area contributed by atoms with Gasteiger partial charge in [-0.2, -0.15) is 0 Å². The summed E-state index contributed by atoms with van der Waals surface area (Å²) in [5, 5.41) is 0. The maximum Gasteiger partial charge on any atom is 0.144 e. The van der Waals surface area contributed by atoms with Gasteiger partial charge in [0.2, 0.25) is 0 Å². The van der Waals surface area contributed by atoms with Crippen molar-refractivity contribution in [1.82, 2.24) is 9.38 Å². The highest BCUT2D eigenvalue weighted by Crippen LogP contribution is 2.33. The van der Waals surface area contributed by atoms with E-state index in [2.05, 4.69) is 111 Å². The van der Waals surface area contributed by atoms with E-state index in [0.717, 1.165) is 16.9 Å². The number of allylic oxidation sites excluding steroid dienone is 1. The smallest absolute Gasteiger partial charge is 0.144 e. The van der Waals surface area contributed by atoms with E-state index in [4.69, 9.17) is 4.98 Å². The van der Waals surface area contributed by atoms with Gasteiger partial charge >= 0.3 is 0 Å². The molecule has 0 saturated heterocycles. The lowest BCUT2D eigenvalue weighted by atomic mass is 9.88. The van der Waals surface area contributed by atoms with Crippen LogP contribution >= 0.6 is 0 Å². The summed E-state index contributed by atoms with van der Waals surface area (Å²) in [7, 11) is 0. The van der Waals surface area contributed by atoms with Crippen LogP contribution in [0.25, 0.3) is 22.5 Å². The molecule has 0 fully saturated rings. The predicted molar refractivity (Wildman–Crippen MR) is 118 cm³/mol. The lowest BCUT2D eigenvalue weighted by Crippen LogP contribution is -2.03. The summed E-state index contributed by atoms with van der Waals surface area (Å²) < 4.78 is 2.19. The molecule has 0 atom stereocenters. The molecular formula is C26H26N2. The van der Waals surface area contributed by atoms with Crippen molar-refractivity contribution in [2.24, 2.45) is 5.41 Å². The molecule has 0 aliphatic carbocycles. The molecule has 140 valence electrons. The van der Waals surface area contributed by atoms with E-state index >= 15 is 0 Å². The van der Waals surface area contributed by atoms with Crippen molar-refractivity contribution in [3.8, 4) is 11.4 Å². The predicted octanol–water partition coefficient (Wildman–Crippen LogP) is 6.79. The van der Waals surface area contributed by atoms with Gasteiger partial charge in [-0.25, -0.2) is 4.98 Å². The second-order valence-electron chi connectivity index (χ2n) is 8.42. The van der Waals surface area contributed by atoms with Gasteiger partial charge < -0.3 is 0 Å². The highest BCUT2D eigenvalue weighted by atomic mass is 15.0. The minimum atomic E-state index is 0.0673. The number of rotatable bonds is 3. The zero-order valence-corrected chi connectivity index (χ0v) is 17.0. The van der Waals surface area contributed by atoms with Crippen molar-refractivity contribution in [2.45, 2.75) is 27.7 Å². The average Bonchev–Trinajstić information content (AvgIpc) is 3.11. The molecule has 0 aliphatic rings. The van der Waals surface area contributed by atoms with Gasteiger partial charge in [0.15, 0.2) is 0 Å². The zero-order chi connectivity index (χ0) is 19.7. The molecule has 0 aliphatic heterocycles. The van der Waals surface area contributed by atoms with Crippen molar-refractivity contribution in [3.63, 3.8) is 0 Å². The summed E-state index contributed by atoms with van der Waals surface area (Å²) in [5.74, 6) is 0.972. The molecule has 2 aromatic heterocycles. The molecular weight excluding hydrogens is 340 g/mol. The van der Waals surface area contributed by atoms with E-state index in [1.165, 1.54) is 22.3 Å². The van der Waals surface area contributed by atoms with Gasteiger partial charge in [-0.05, 0) is 29.5 Å². The molecule has 2 heterocycles. The molecule has 0 unspecified atom stereocenters. The van der Waals surface area contributed by atoms with Crippen LogP contribution in [-0.2, 0) is 0 Å². The normalized spacial score (nSPS) is 12.5. The fourth-order valence-electron chi connectivity index (χ4n) is 3.53. The van der Waals surface area contributed by atoms with Gasteiger partial charge in [0.25, 0.3) is 0 Å². The Balaban J connectivity index is 1.93. The Bertz CT molecular complexity index is 1120. The van der Waals surface area contributed by atoms with Crippen LogP contribution in [0, 0.1) is 12.3 Å². The first-order chi connectivity index (χ1) is 13.4. The van der Waals surface area contributed by atoms with Crippen molar-refractivity contribution in [1.29, 1.82) is 0 Å². The van der Waals surface area contributed by atoms with E-state index < -0.39 is 0 Å². The van der Waals surface area contributed by atoms with Gasteiger partial charge in [-0.15, -0.1) is 0 Å². The third-order valence-corrected chi connectivity index (χ3v) is 4.83. The van der Waals surface area contributed by atoms with Crippen LogP contribution in [0.2, 0.25) is 0 Å². The molecule has 0 spiro atoms. The van der Waals surface area contributed by atoms with E-state index in [0.29, 0.717) is 0 Å². The van der Waals surface area contributed by atoms with Gasteiger partial charge in [-0.3, -0.25) is 4.40 Å². The van der Waals surface area contributed by atoms with Gasteiger partial charge in [0, 0.05) is 17.3 Å². The highest BCUT2D eigenvalue weighted by molar-refractivity contribution is 5.88. The van der Waals surface area contributed by atoms with Crippen LogP contribution in [0.15, 0.2) is 85.2 Å². The Morgan fingerprint density at radius 2 is 1.61 bits per heavy atom. The van der Waals surface area contributed by atoms with Crippen molar-refractivity contribution < 1.29 is 0 Å². The maximum absolute atomic E-state index is 4.76. The summed E-state index contributed by atoms with van der Waals surface area (Å²) in [6.07, 6.45) is 6.45. The number of hydrogen-bond donors (Lipinski definition) is 0. The lowest BCUT2D eigenvalue weighted by Gasteiger charge is -2.18. The molecule has 4 aromatic rings. The zero-order valence-electron chi connectivity index (χ0n) is 17.0. The Morgan fingerprint density at radius 3 is 2.29 bits per heavy atom. The molecule has 2 nitrogen and oxygen atoms in total. The molecule has 28 heavy (non-hydrogen) atoms. The topological polar surface area (TPSA) is 17.3 Å². The Hall–Kier alpha value is -3.13. The molecule has 0 radical (unpaired) electrons. The fraction of sp³-hybridized carbons (Fsp3) is 0.192. The summed E-state index contributed by atoms with van der Waals surface area (Å²) in [6.45, 7) is 8.83. The number of hydrogen-bond acceptors (Lipinski definition) is 1. The van der Waals surface area contributed by atoms with Crippen molar-refractivity contribution in [3.05, 3.63) is 102 Å². The Labute approximate surface area is 167 Å². The van der Waals surface area contributed by atoms with Crippen LogP contribution in [0.1, 0.15) is 37.5 Å². The van der Waals surface area contributed by atoms with E-state index in [9.17, 15) is 0 Å². The third kappa shape index (κ3) is 3.63. The first kappa shape index (κ1) is 18.2. The standard InChI is InChI=1S/C26H26N2/c1-19-12-14-21(15-13-19)25-27-18-24-22(11-8-16-28(24)25)23(17-26(2,3)4)20-9-6-5-7-10-20/h5-18H,1-4H3/b23-17+. The number of imidazole rings is 1. The summed E-state index contributed by atoms with van der Waals surface area (Å²) in [6, 6.07) is 23.5. The second kappa shape index (κ2) is 7.12. The monoisotopic (exact) mass is 366 g/mol. The Morgan fingerprint density at radius 1 is 0.893 bits per heavy atom. The number of benzene rings is 2. The first-order valence-electron chi connectivity index (χ1n) is 9.74. The molecule has 2 heteroatoms. The van der Waals surface area contributed by atoms with E-state index in [-0.39, 0.29) is 5.41 Å². The lowest BCUT2D eigenvalue weighted by molar-refractivity contribution is 0.546. The summed E-state index contributed by atoms with van der Waals surface area (Å²) in [5.41, 5.74) is 7.25. The summed E-state index contributed by atoms with van der Waals surface area (Å²) in [4.78, 5) is 4.76. The van der Waals surface area contributed by atoms with Crippen LogP contribution in [0.3, 0.4) is 0 Å². The number of pyridine rings is 1. The molecule has 0 bridgehead atoms. The number of aryl methyl sites for hydroxylation is 1. The molecule has 0 N–H and O–H groups in total.